The van der Waals surface area contributed by atoms with Crippen LogP contribution in [0.1, 0.15) is 36.0 Å². The van der Waals surface area contributed by atoms with Crippen molar-refractivity contribution in [3.63, 3.8) is 0 Å². The first-order valence-corrected chi connectivity index (χ1v) is 8.75. The minimum Gasteiger partial charge on any atom is -0.460 e. The molecule has 2 heterocycles. The second-order valence-electron chi connectivity index (χ2n) is 7.04. The molecule has 0 aliphatic carbocycles. The van der Waals surface area contributed by atoms with Crippen LogP contribution in [-0.2, 0) is 9.53 Å². The Hall–Kier alpha value is -1.88. The zero-order valence-electron chi connectivity index (χ0n) is 14.5. The lowest BCUT2D eigenvalue weighted by atomic mass is 9.90. The van der Waals surface area contributed by atoms with Gasteiger partial charge in [-0.2, -0.15) is 0 Å². The molecular formula is C19H26N2O3. The van der Waals surface area contributed by atoms with Gasteiger partial charge in [-0.15, -0.1) is 0 Å². The molecule has 1 amide bonds. The third kappa shape index (κ3) is 3.61. The fourth-order valence-electron chi connectivity index (χ4n) is 3.98. The maximum absolute atomic E-state index is 12.2. The monoisotopic (exact) mass is 330 g/mol. The van der Waals surface area contributed by atoms with E-state index in [4.69, 9.17) is 4.74 Å². The largest absolute Gasteiger partial charge is 0.460 e. The predicted molar refractivity (Wildman–Crippen MR) is 91.7 cm³/mol. The number of fused-ring (bicyclic) bond motifs is 1. The lowest BCUT2D eigenvalue weighted by Gasteiger charge is -2.37. The van der Waals surface area contributed by atoms with Crippen molar-refractivity contribution in [1.82, 2.24) is 9.80 Å². The van der Waals surface area contributed by atoms with E-state index in [2.05, 4.69) is 4.90 Å². The van der Waals surface area contributed by atoms with Crippen molar-refractivity contribution in [2.24, 2.45) is 5.92 Å². The average molecular weight is 330 g/mol. The number of hydrogen-bond acceptors (Lipinski definition) is 4. The van der Waals surface area contributed by atoms with E-state index < -0.39 is 0 Å². The summed E-state index contributed by atoms with van der Waals surface area (Å²) in [4.78, 5) is 28.4. The van der Waals surface area contributed by atoms with E-state index in [1.54, 1.807) is 17.0 Å². The van der Waals surface area contributed by atoms with Gasteiger partial charge in [0.05, 0.1) is 5.56 Å². The van der Waals surface area contributed by atoms with Crippen LogP contribution in [0.2, 0.25) is 0 Å². The molecular weight excluding hydrogens is 304 g/mol. The van der Waals surface area contributed by atoms with Crippen molar-refractivity contribution in [3.8, 4) is 0 Å². The van der Waals surface area contributed by atoms with Gasteiger partial charge in [-0.1, -0.05) is 18.2 Å². The van der Waals surface area contributed by atoms with E-state index in [0.29, 0.717) is 18.2 Å². The van der Waals surface area contributed by atoms with Crippen LogP contribution in [0, 0.1) is 5.92 Å². The van der Waals surface area contributed by atoms with Gasteiger partial charge in [0, 0.05) is 32.1 Å². The lowest BCUT2D eigenvalue weighted by Crippen LogP contribution is -2.47. The lowest BCUT2D eigenvalue weighted by molar-refractivity contribution is -0.135. The van der Waals surface area contributed by atoms with E-state index in [9.17, 15) is 9.59 Å². The summed E-state index contributed by atoms with van der Waals surface area (Å²) >= 11 is 0. The van der Waals surface area contributed by atoms with Crippen LogP contribution < -0.4 is 0 Å². The van der Waals surface area contributed by atoms with Crippen LogP contribution >= 0.6 is 0 Å². The number of hydrogen-bond donors (Lipinski definition) is 0. The van der Waals surface area contributed by atoms with Gasteiger partial charge in [-0.3, -0.25) is 9.69 Å². The third-order valence-corrected chi connectivity index (χ3v) is 5.27. The molecule has 5 heteroatoms. The van der Waals surface area contributed by atoms with Crippen LogP contribution in [0.15, 0.2) is 30.3 Å². The van der Waals surface area contributed by atoms with Crippen molar-refractivity contribution < 1.29 is 14.3 Å². The molecule has 0 saturated carbocycles. The molecule has 2 fully saturated rings. The number of carbonyl (C=O) groups is 2. The molecule has 1 aromatic rings. The van der Waals surface area contributed by atoms with Gasteiger partial charge >= 0.3 is 5.97 Å². The fraction of sp³-hybridized carbons (Fsp3) is 0.579. The van der Waals surface area contributed by atoms with Crippen molar-refractivity contribution in [3.05, 3.63) is 35.9 Å². The van der Waals surface area contributed by atoms with Gasteiger partial charge in [-0.05, 0) is 44.4 Å². The number of esters is 1. The minimum absolute atomic E-state index is 0.145. The predicted octanol–water partition coefficient (Wildman–Crippen LogP) is 2.17. The highest BCUT2D eigenvalue weighted by molar-refractivity contribution is 5.89. The van der Waals surface area contributed by atoms with Crippen LogP contribution in [-0.4, -0.2) is 61.0 Å². The molecule has 2 aliphatic rings. The quantitative estimate of drug-likeness (QED) is 0.794. The van der Waals surface area contributed by atoms with Crippen LogP contribution in [0.4, 0.5) is 0 Å². The van der Waals surface area contributed by atoms with Crippen LogP contribution in [0.3, 0.4) is 0 Å². The molecule has 24 heavy (non-hydrogen) atoms. The summed E-state index contributed by atoms with van der Waals surface area (Å²) < 4.78 is 5.52. The first-order valence-electron chi connectivity index (χ1n) is 8.75. The summed E-state index contributed by atoms with van der Waals surface area (Å²) in [5.74, 6) is 0.136. The van der Waals surface area contributed by atoms with Gasteiger partial charge in [0.15, 0.2) is 0 Å². The number of nitrogens with zero attached hydrogens (tertiary/aromatic N) is 2. The summed E-state index contributed by atoms with van der Waals surface area (Å²) in [5.41, 5.74) is 0.599. The van der Waals surface area contributed by atoms with Crippen molar-refractivity contribution in [1.29, 1.82) is 0 Å². The van der Waals surface area contributed by atoms with E-state index in [1.807, 2.05) is 32.3 Å². The highest BCUT2D eigenvalue weighted by Gasteiger charge is 2.40. The highest BCUT2D eigenvalue weighted by atomic mass is 16.5. The standard InChI is InChI=1S/C19H26N2O3/c1-20(2)18(22)15-10-11-21-16(12-15)8-9-17(21)13-24-19(23)14-6-4-3-5-7-14/h3-7,15-17H,8-13H2,1-2H3/t15?,16?,17-/m0/s1. The summed E-state index contributed by atoms with van der Waals surface area (Å²) in [7, 11) is 3.66. The molecule has 0 spiro atoms. The molecule has 2 aliphatic heterocycles. The smallest absolute Gasteiger partial charge is 0.338 e. The zero-order valence-corrected chi connectivity index (χ0v) is 14.5. The Morgan fingerprint density at radius 1 is 1.17 bits per heavy atom. The summed E-state index contributed by atoms with van der Waals surface area (Å²) in [6, 6.07) is 9.86. The Kier molecular flexibility index (Phi) is 5.19. The summed E-state index contributed by atoms with van der Waals surface area (Å²) in [6.45, 7) is 1.36. The normalized spacial score (nSPS) is 26.7. The molecule has 0 aromatic heterocycles. The first-order chi connectivity index (χ1) is 11.6. The molecule has 1 aromatic carbocycles. The zero-order chi connectivity index (χ0) is 17.1. The average Bonchev–Trinajstić information content (AvgIpc) is 3.01. The highest BCUT2D eigenvalue weighted by Crippen LogP contribution is 2.35. The molecule has 3 atom stereocenters. The second-order valence-corrected chi connectivity index (χ2v) is 7.04. The molecule has 0 N–H and O–H groups in total. The number of amides is 1. The van der Waals surface area contributed by atoms with Crippen molar-refractivity contribution in [2.45, 2.75) is 37.8 Å². The van der Waals surface area contributed by atoms with Gasteiger partial charge in [-0.25, -0.2) is 4.79 Å². The fourth-order valence-corrected chi connectivity index (χ4v) is 3.98. The molecule has 3 rings (SSSR count). The topological polar surface area (TPSA) is 49.9 Å². The SMILES string of the molecule is CN(C)C(=O)C1CCN2C(CC[C@H]2COC(=O)c2ccccc2)C1. The molecule has 5 nitrogen and oxygen atoms in total. The Morgan fingerprint density at radius 3 is 2.62 bits per heavy atom. The van der Waals surface area contributed by atoms with Crippen LogP contribution in [0.25, 0.3) is 0 Å². The number of ether oxygens (including phenoxy) is 1. The van der Waals surface area contributed by atoms with Crippen molar-refractivity contribution in [2.75, 3.05) is 27.2 Å². The number of piperidine rings is 1. The van der Waals surface area contributed by atoms with Gasteiger partial charge in [0.2, 0.25) is 5.91 Å². The second kappa shape index (κ2) is 7.34. The van der Waals surface area contributed by atoms with Crippen molar-refractivity contribution >= 4 is 11.9 Å². The third-order valence-electron chi connectivity index (χ3n) is 5.27. The number of benzene rings is 1. The van der Waals surface area contributed by atoms with E-state index in [1.165, 1.54) is 0 Å². The summed E-state index contributed by atoms with van der Waals surface area (Å²) in [5, 5.41) is 0. The summed E-state index contributed by atoms with van der Waals surface area (Å²) in [6.07, 6.45) is 3.96. The van der Waals surface area contributed by atoms with E-state index in [-0.39, 0.29) is 23.8 Å². The molecule has 2 saturated heterocycles. The Bertz CT molecular complexity index is 588. The maximum atomic E-state index is 12.2. The van der Waals surface area contributed by atoms with Gasteiger partial charge in [0.25, 0.3) is 0 Å². The Morgan fingerprint density at radius 2 is 1.92 bits per heavy atom. The first kappa shape index (κ1) is 17.0. The Balaban J connectivity index is 1.52. The van der Waals surface area contributed by atoms with E-state index >= 15 is 0 Å². The number of rotatable bonds is 4. The number of carbonyl (C=O) groups excluding carboxylic acids is 2. The molecule has 0 bridgehead atoms. The molecule has 2 unspecified atom stereocenters. The molecule has 0 radical (unpaired) electrons. The maximum Gasteiger partial charge on any atom is 0.338 e. The van der Waals surface area contributed by atoms with Gasteiger partial charge < -0.3 is 9.64 Å². The minimum atomic E-state index is -0.253. The van der Waals surface area contributed by atoms with E-state index in [0.717, 1.165) is 32.2 Å². The Labute approximate surface area is 143 Å². The molecule has 130 valence electrons. The van der Waals surface area contributed by atoms with Gasteiger partial charge in [0.1, 0.15) is 6.61 Å². The van der Waals surface area contributed by atoms with Crippen LogP contribution in [0.5, 0.6) is 0 Å².